The van der Waals surface area contributed by atoms with Gasteiger partial charge in [0.25, 0.3) is 5.56 Å². The lowest BCUT2D eigenvalue weighted by Crippen LogP contribution is -2.24. The van der Waals surface area contributed by atoms with E-state index in [-0.39, 0.29) is 17.6 Å². The summed E-state index contributed by atoms with van der Waals surface area (Å²) in [4.78, 5) is 18.6. The number of likely N-dealkylation sites (tertiary alicyclic amines) is 1. The lowest BCUT2D eigenvalue weighted by Gasteiger charge is -2.14. The molecule has 5 nitrogen and oxygen atoms in total. The molecule has 1 aliphatic rings. The molecule has 0 aromatic carbocycles. The Labute approximate surface area is 111 Å². The maximum absolute atomic E-state index is 12.0. The van der Waals surface area contributed by atoms with Crippen molar-refractivity contribution in [1.29, 1.82) is 0 Å². The monoisotopic (exact) mass is 259 g/mol. The minimum absolute atomic E-state index is 0.0617. The average molecular weight is 259 g/mol. The summed E-state index contributed by atoms with van der Waals surface area (Å²) in [6.45, 7) is 4.14. The minimum atomic E-state index is -0.276. The van der Waals surface area contributed by atoms with E-state index < -0.39 is 0 Å². The molecule has 0 radical (unpaired) electrons. The molecule has 0 unspecified atom stereocenters. The molecule has 0 amide bonds. The second-order valence-electron chi connectivity index (χ2n) is 5.25. The number of fused-ring (bicyclic) bond motifs is 1. The van der Waals surface area contributed by atoms with Crippen LogP contribution in [0.3, 0.4) is 0 Å². The van der Waals surface area contributed by atoms with Gasteiger partial charge in [0.2, 0.25) is 0 Å². The van der Waals surface area contributed by atoms with Gasteiger partial charge in [-0.1, -0.05) is 13.0 Å². The number of hydrogen-bond acceptors (Lipinski definition) is 4. The molecule has 0 saturated carbocycles. The van der Waals surface area contributed by atoms with Gasteiger partial charge >= 0.3 is 0 Å². The summed E-state index contributed by atoms with van der Waals surface area (Å²) >= 11 is 0. The zero-order chi connectivity index (χ0) is 13.4. The van der Waals surface area contributed by atoms with E-state index >= 15 is 0 Å². The Kier molecular flexibility index (Phi) is 3.08. The van der Waals surface area contributed by atoms with Crippen molar-refractivity contribution in [1.82, 2.24) is 14.3 Å². The third-order valence-corrected chi connectivity index (χ3v) is 3.66. The molecule has 1 N–H and O–H groups in total. The second kappa shape index (κ2) is 4.75. The van der Waals surface area contributed by atoms with E-state index in [0.717, 1.165) is 12.2 Å². The van der Waals surface area contributed by atoms with Crippen LogP contribution in [0.15, 0.2) is 35.3 Å². The molecule has 3 heterocycles. The van der Waals surface area contributed by atoms with Crippen LogP contribution in [-0.4, -0.2) is 38.6 Å². The highest BCUT2D eigenvalue weighted by Gasteiger charge is 2.27. The zero-order valence-electron chi connectivity index (χ0n) is 10.9. The van der Waals surface area contributed by atoms with Gasteiger partial charge in [0.15, 0.2) is 0 Å². The predicted molar refractivity (Wildman–Crippen MR) is 71.9 cm³/mol. The first-order valence-electron chi connectivity index (χ1n) is 6.51. The van der Waals surface area contributed by atoms with Crippen LogP contribution in [0.5, 0.6) is 0 Å². The van der Waals surface area contributed by atoms with Gasteiger partial charge in [-0.15, -0.1) is 0 Å². The van der Waals surface area contributed by atoms with Crippen LogP contribution >= 0.6 is 0 Å². The number of rotatable bonds is 2. The van der Waals surface area contributed by atoms with Gasteiger partial charge in [0, 0.05) is 31.9 Å². The molecule has 1 saturated heterocycles. The van der Waals surface area contributed by atoms with E-state index in [4.69, 9.17) is 0 Å². The van der Waals surface area contributed by atoms with E-state index in [2.05, 4.69) is 9.88 Å². The number of β-amino-alcohol motifs (C(OH)–C–C–N with tert-alkyl or cyclic N) is 1. The third kappa shape index (κ3) is 2.39. The van der Waals surface area contributed by atoms with Crippen LogP contribution in [0.2, 0.25) is 0 Å². The number of nitrogens with zero attached hydrogens (tertiary/aromatic N) is 3. The normalized spacial score (nSPS) is 24.1. The Morgan fingerprint density at radius 3 is 3.00 bits per heavy atom. The van der Waals surface area contributed by atoms with E-state index in [0.29, 0.717) is 18.7 Å². The smallest absolute Gasteiger partial charge is 0.258 e. The van der Waals surface area contributed by atoms with Gasteiger partial charge in [-0.2, -0.15) is 0 Å². The molecule has 2 aromatic rings. The van der Waals surface area contributed by atoms with Crippen LogP contribution in [0, 0.1) is 5.92 Å². The van der Waals surface area contributed by atoms with Crippen molar-refractivity contribution in [2.75, 3.05) is 13.1 Å². The Morgan fingerprint density at radius 2 is 2.26 bits per heavy atom. The van der Waals surface area contributed by atoms with Crippen molar-refractivity contribution in [2.45, 2.75) is 19.6 Å². The van der Waals surface area contributed by atoms with Crippen LogP contribution in [0.1, 0.15) is 12.6 Å². The molecule has 0 aliphatic carbocycles. The number of hydrogen-bond donors (Lipinski definition) is 1. The van der Waals surface area contributed by atoms with Crippen molar-refractivity contribution in [3.63, 3.8) is 0 Å². The molecule has 1 fully saturated rings. The van der Waals surface area contributed by atoms with Gasteiger partial charge in [0.1, 0.15) is 5.65 Å². The number of pyridine rings is 1. The highest BCUT2D eigenvalue weighted by atomic mass is 16.3. The Balaban J connectivity index is 1.88. The van der Waals surface area contributed by atoms with Crippen LogP contribution in [0.4, 0.5) is 0 Å². The average Bonchev–Trinajstić information content (AvgIpc) is 2.68. The molecule has 100 valence electrons. The van der Waals surface area contributed by atoms with Gasteiger partial charge in [-0.3, -0.25) is 14.1 Å². The maximum Gasteiger partial charge on any atom is 0.258 e. The summed E-state index contributed by atoms with van der Waals surface area (Å²) in [6, 6.07) is 7.08. The van der Waals surface area contributed by atoms with Crippen LogP contribution in [-0.2, 0) is 6.54 Å². The van der Waals surface area contributed by atoms with Crippen molar-refractivity contribution < 1.29 is 5.11 Å². The molecular weight excluding hydrogens is 242 g/mol. The van der Waals surface area contributed by atoms with Crippen LogP contribution in [0.25, 0.3) is 5.65 Å². The summed E-state index contributed by atoms with van der Waals surface area (Å²) < 4.78 is 1.53. The summed E-state index contributed by atoms with van der Waals surface area (Å²) in [5.74, 6) is 0.279. The standard InChI is InChI=1S/C14H17N3O2/c1-10-7-16(9-12(10)18)8-11-6-14(19)17-5-3-2-4-13(17)15-11/h2-6,10,12,18H,7-9H2,1H3/t10-,12+/m0/s1. The molecular formula is C14H17N3O2. The number of aromatic nitrogens is 2. The topological polar surface area (TPSA) is 57.8 Å². The molecule has 19 heavy (non-hydrogen) atoms. The SMILES string of the molecule is C[C@H]1CN(Cc2cc(=O)n3ccccc3n2)C[C@H]1O. The molecule has 2 aromatic heterocycles. The Hall–Kier alpha value is -1.72. The highest BCUT2D eigenvalue weighted by molar-refractivity contribution is 5.37. The predicted octanol–water partition coefficient (Wildman–Crippen LogP) is 0.507. The second-order valence-corrected chi connectivity index (χ2v) is 5.25. The first kappa shape index (κ1) is 12.3. The molecule has 5 heteroatoms. The van der Waals surface area contributed by atoms with E-state index in [1.54, 1.807) is 12.3 Å². The fourth-order valence-electron chi connectivity index (χ4n) is 2.59. The summed E-state index contributed by atoms with van der Waals surface area (Å²) in [5, 5.41) is 9.74. The molecule has 1 aliphatic heterocycles. The first-order chi connectivity index (χ1) is 9.13. The Morgan fingerprint density at radius 1 is 1.42 bits per heavy atom. The quantitative estimate of drug-likeness (QED) is 0.853. The fraction of sp³-hybridized carbons (Fsp3) is 0.429. The molecule has 0 spiro atoms. The largest absolute Gasteiger partial charge is 0.391 e. The van der Waals surface area contributed by atoms with E-state index in [9.17, 15) is 9.90 Å². The third-order valence-electron chi connectivity index (χ3n) is 3.66. The Bertz CT molecular complexity index is 642. The van der Waals surface area contributed by atoms with Gasteiger partial charge in [-0.05, 0) is 18.1 Å². The highest BCUT2D eigenvalue weighted by Crippen LogP contribution is 2.17. The van der Waals surface area contributed by atoms with Crippen molar-refractivity contribution in [3.05, 3.63) is 46.5 Å². The number of aliphatic hydroxyl groups excluding tert-OH is 1. The molecule has 2 atom stereocenters. The molecule has 3 rings (SSSR count). The zero-order valence-corrected chi connectivity index (χ0v) is 10.9. The van der Waals surface area contributed by atoms with Gasteiger partial charge in [-0.25, -0.2) is 4.98 Å². The lowest BCUT2D eigenvalue weighted by atomic mass is 10.1. The van der Waals surface area contributed by atoms with E-state index in [1.807, 2.05) is 25.1 Å². The minimum Gasteiger partial charge on any atom is -0.391 e. The fourth-order valence-corrected chi connectivity index (χ4v) is 2.59. The van der Waals surface area contributed by atoms with Crippen molar-refractivity contribution in [3.8, 4) is 0 Å². The van der Waals surface area contributed by atoms with Crippen molar-refractivity contribution >= 4 is 5.65 Å². The number of aliphatic hydroxyl groups is 1. The van der Waals surface area contributed by atoms with Crippen molar-refractivity contribution in [2.24, 2.45) is 5.92 Å². The summed E-state index contributed by atoms with van der Waals surface area (Å²) in [7, 11) is 0. The van der Waals surface area contributed by atoms with Gasteiger partial charge < -0.3 is 5.11 Å². The summed E-state index contributed by atoms with van der Waals surface area (Å²) in [6.07, 6.45) is 1.44. The summed E-state index contributed by atoms with van der Waals surface area (Å²) in [5.41, 5.74) is 1.36. The maximum atomic E-state index is 12.0. The lowest BCUT2D eigenvalue weighted by molar-refractivity contribution is 0.147. The molecule has 0 bridgehead atoms. The first-order valence-corrected chi connectivity index (χ1v) is 6.51. The van der Waals surface area contributed by atoms with E-state index in [1.165, 1.54) is 4.40 Å². The van der Waals surface area contributed by atoms with Crippen LogP contribution < -0.4 is 5.56 Å². The van der Waals surface area contributed by atoms with Gasteiger partial charge in [0.05, 0.1) is 11.8 Å².